The molecule has 6 atom stereocenters. The van der Waals surface area contributed by atoms with Crippen molar-refractivity contribution in [1.29, 1.82) is 0 Å². The van der Waals surface area contributed by atoms with Crippen LogP contribution in [0.15, 0.2) is 12.2 Å². The summed E-state index contributed by atoms with van der Waals surface area (Å²) in [5.41, 5.74) is 0.667. The van der Waals surface area contributed by atoms with Crippen molar-refractivity contribution in [2.75, 3.05) is 0 Å². The summed E-state index contributed by atoms with van der Waals surface area (Å²) < 4.78 is 0. The number of carbonyl (C=O) groups is 1. The van der Waals surface area contributed by atoms with Gasteiger partial charge in [0.15, 0.2) is 0 Å². The zero-order valence-corrected chi connectivity index (χ0v) is 11.8. The second kappa shape index (κ2) is 3.65. The molecule has 4 bridgehead atoms. The quantitative estimate of drug-likeness (QED) is 0.782. The van der Waals surface area contributed by atoms with Crippen LogP contribution in [-0.4, -0.2) is 11.1 Å². The van der Waals surface area contributed by atoms with Gasteiger partial charge in [0, 0.05) is 0 Å². The fraction of sp³-hybridized carbons (Fsp3) is 0.824. The molecule has 0 aromatic heterocycles. The molecule has 4 rings (SSSR count). The standard InChI is InChI=1S/C17H24O2/c1-2-17(8-11-3-4-13(17)7-11)16-6-5-12(9-16)14(10-16)15(18)19/h5-6,11-14H,2-4,7-10H2,1H3,(H,18,19). The van der Waals surface area contributed by atoms with E-state index in [9.17, 15) is 9.90 Å². The van der Waals surface area contributed by atoms with Crippen molar-refractivity contribution in [3.63, 3.8) is 0 Å². The molecule has 0 spiro atoms. The molecule has 3 saturated carbocycles. The number of carboxylic acids is 1. The predicted molar refractivity (Wildman–Crippen MR) is 73.6 cm³/mol. The molecule has 0 amide bonds. The van der Waals surface area contributed by atoms with E-state index in [0.29, 0.717) is 11.3 Å². The molecular weight excluding hydrogens is 236 g/mol. The van der Waals surface area contributed by atoms with Gasteiger partial charge in [-0.05, 0) is 67.1 Å². The Bertz CT molecular complexity index is 454. The molecule has 0 saturated heterocycles. The van der Waals surface area contributed by atoms with E-state index in [4.69, 9.17) is 0 Å². The maximum Gasteiger partial charge on any atom is 0.307 e. The molecule has 2 heteroatoms. The van der Waals surface area contributed by atoms with Gasteiger partial charge in [-0.15, -0.1) is 0 Å². The lowest BCUT2D eigenvalue weighted by atomic mass is 9.54. The number of aliphatic carboxylic acids is 1. The molecule has 0 aromatic rings. The van der Waals surface area contributed by atoms with Gasteiger partial charge in [0.1, 0.15) is 0 Å². The average Bonchev–Trinajstić information content (AvgIpc) is 3.16. The highest BCUT2D eigenvalue weighted by Crippen LogP contribution is 2.72. The molecule has 0 aliphatic heterocycles. The van der Waals surface area contributed by atoms with Crippen LogP contribution in [0.2, 0.25) is 0 Å². The lowest BCUT2D eigenvalue weighted by Crippen LogP contribution is -2.43. The van der Waals surface area contributed by atoms with Crippen LogP contribution in [-0.2, 0) is 4.79 Å². The first-order valence-corrected chi connectivity index (χ1v) is 8.02. The largest absolute Gasteiger partial charge is 0.481 e. The minimum atomic E-state index is -0.564. The minimum absolute atomic E-state index is 0.104. The minimum Gasteiger partial charge on any atom is -0.481 e. The van der Waals surface area contributed by atoms with Crippen LogP contribution in [0.3, 0.4) is 0 Å². The van der Waals surface area contributed by atoms with Crippen LogP contribution in [0, 0.1) is 34.5 Å². The lowest BCUT2D eigenvalue weighted by molar-refractivity contribution is -0.143. The van der Waals surface area contributed by atoms with Crippen LogP contribution in [0.1, 0.15) is 51.9 Å². The molecule has 1 N–H and O–H groups in total. The third kappa shape index (κ3) is 1.31. The van der Waals surface area contributed by atoms with E-state index in [-0.39, 0.29) is 11.3 Å². The summed E-state index contributed by atoms with van der Waals surface area (Å²) in [6.07, 6.45) is 13.6. The topological polar surface area (TPSA) is 37.3 Å². The highest BCUT2D eigenvalue weighted by atomic mass is 16.4. The summed E-state index contributed by atoms with van der Waals surface area (Å²) in [6.45, 7) is 2.35. The van der Waals surface area contributed by atoms with Crippen LogP contribution in [0.5, 0.6) is 0 Å². The first-order chi connectivity index (χ1) is 9.10. The zero-order valence-electron chi connectivity index (χ0n) is 11.8. The van der Waals surface area contributed by atoms with Crippen LogP contribution >= 0.6 is 0 Å². The van der Waals surface area contributed by atoms with Crippen molar-refractivity contribution >= 4 is 5.97 Å². The van der Waals surface area contributed by atoms with Gasteiger partial charge in [-0.25, -0.2) is 0 Å². The van der Waals surface area contributed by atoms with Crippen LogP contribution in [0.4, 0.5) is 0 Å². The van der Waals surface area contributed by atoms with Gasteiger partial charge in [0.25, 0.3) is 0 Å². The molecule has 6 unspecified atom stereocenters. The van der Waals surface area contributed by atoms with Crippen molar-refractivity contribution in [1.82, 2.24) is 0 Å². The Morgan fingerprint density at radius 1 is 1.32 bits per heavy atom. The van der Waals surface area contributed by atoms with Crippen molar-refractivity contribution < 1.29 is 9.90 Å². The Morgan fingerprint density at radius 2 is 2.16 bits per heavy atom. The van der Waals surface area contributed by atoms with E-state index in [2.05, 4.69) is 19.1 Å². The molecular formula is C17H24O2. The van der Waals surface area contributed by atoms with Gasteiger partial charge in [0.05, 0.1) is 5.92 Å². The van der Waals surface area contributed by atoms with Gasteiger partial charge < -0.3 is 5.11 Å². The lowest BCUT2D eigenvalue weighted by Gasteiger charge is -2.50. The number of hydrogen-bond acceptors (Lipinski definition) is 1. The number of allylic oxidation sites excluding steroid dienone is 2. The molecule has 19 heavy (non-hydrogen) atoms. The smallest absolute Gasteiger partial charge is 0.307 e. The Balaban J connectivity index is 1.72. The SMILES string of the molecule is CCC1(C23C=CC(C2)C(C(=O)O)C3)CC2CCC1C2. The number of hydrogen-bond donors (Lipinski definition) is 1. The van der Waals surface area contributed by atoms with E-state index in [1.807, 2.05) is 0 Å². The third-order valence-electron chi connectivity index (χ3n) is 7.28. The van der Waals surface area contributed by atoms with Gasteiger partial charge in [0.2, 0.25) is 0 Å². The molecule has 3 fully saturated rings. The molecule has 2 nitrogen and oxygen atoms in total. The predicted octanol–water partition coefficient (Wildman–Crippen LogP) is 3.87. The second-order valence-corrected chi connectivity index (χ2v) is 7.62. The summed E-state index contributed by atoms with van der Waals surface area (Å²) in [7, 11) is 0. The van der Waals surface area contributed by atoms with E-state index in [1.165, 1.54) is 32.1 Å². The molecule has 104 valence electrons. The van der Waals surface area contributed by atoms with E-state index >= 15 is 0 Å². The molecule has 4 aliphatic rings. The van der Waals surface area contributed by atoms with Crippen molar-refractivity contribution in [3.8, 4) is 0 Å². The maximum atomic E-state index is 11.5. The van der Waals surface area contributed by atoms with Crippen molar-refractivity contribution in [2.45, 2.75) is 51.9 Å². The fourth-order valence-electron chi connectivity index (χ4n) is 6.52. The van der Waals surface area contributed by atoms with E-state index in [1.54, 1.807) is 0 Å². The summed E-state index contributed by atoms with van der Waals surface area (Å²) in [5.74, 6) is 1.47. The number of fused-ring (bicyclic) bond motifs is 4. The summed E-state index contributed by atoms with van der Waals surface area (Å²) in [5, 5.41) is 9.45. The van der Waals surface area contributed by atoms with E-state index in [0.717, 1.165) is 24.7 Å². The Labute approximate surface area is 115 Å². The highest BCUT2D eigenvalue weighted by molar-refractivity contribution is 5.72. The monoisotopic (exact) mass is 260 g/mol. The first kappa shape index (κ1) is 12.0. The highest BCUT2D eigenvalue weighted by Gasteiger charge is 2.65. The summed E-state index contributed by atoms with van der Waals surface area (Å²) in [4.78, 5) is 11.5. The van der Waals surface area contributed by atoms with Crippen molar-refractivity contribution in [2.24, 2.45) is 34.5 Å². The average molecular weight is 260 g/mol. The number of rotatable bonds is 3. The Morgan fingerprint density at radius 3 is 2.68 bits per heavy atom. The van der Waals surface area contributed by atoms with Gasteiger partial charge in [-0.2, -0.15) is 0 Å². The summed E-state index contributed by atoms with van der Waals surface area (Å²) in [6, 6.07) is 0. The zero-order chi connectivity index (χ0) is 13.3. The van der Waals surface area contributed by atoms with Crippen molar-refractivity contribution in [3.05, 3.63) is 12.2 Å². The Hall–Kier alpha value is -0.790. The normalized spacial score (nSPS) is 54.2. The third-order valence-corrected chi connectivity index (χ3v) is 7.28. The van der Waals surface area contributed by atoms with Gasteiger partial charge in [-0.1, -0.05) is 25.5 Å². The molecule has 0 heterocycles. The number of carboxylic acid groups (broad SMARTS) is 1. The first-order valence-electron chi connectivity index (χ1n) is 8.02. The Kier molecular flexibility index (Phi) is 2.30. The van der Waals surface area contributed by atoms with E-state index < -0.39 is 5.97 Å². The van der Waals surface area contributed by atoms with Gasteiger partial charge in [-0.3, -0.25) is 4.79 Å². The maximum absolute atomic E-state index is 11.5. The molecule has 0 aromatic carbocycles. The second-order valence-electron chi connectivity index (χ2n) is 7.62. The van der Waals surface area contributed by atoms with Crippen LogP contribution in [0.25, 0.3) is 0 Å². The van der Waals surface area contributed by atoms with Crippen LogP contribution < -0.4 is 0 Å². The molecule has 4 aliphatic carbocycles. The summed E-state index contributed by atoms with van der Waals surface area (Å²) >= 11 is 0. The van der Waals surface area contributed by atoms with Gasteiger partial charge >= 0.3 is 5.97 Å². The molecule has 0 radical (unpaired) electrons. The fourth-order valence-corrected chi connectivity index (χ4v) is 6.52.